The molecule has 0 aliphatic carbocycles. The fourth-order valence-corrected chi connectivity index (χ4v) is 4.68. The third kappa shape index (κ3) is 4.80. The van der Waals surface area contributed by atoms with E-state index in [4.69, 9.17) is 11.6 Å². The molecule has 0 unspecified atom stereocenters. The van der Waals surface area contributed by atoms with Gasteiger partial charge in [0, 0.05) is 55.2 Å². The molecule has 5 rings (SSSR count). The number of benzene rings is 3. The van der Waals surface area contributed by atoms with Crippen molar-refractivity contribution in [3.8, 4) is 0 Å². The summed E-state index contributed by atoms with van der Waals surface area (Å²) >= 11 is 6.15. The second-order valence-corrected chi connectivity index (χ2v) is 9.50. The molecule has 0 bridgehead atoms. The molecule has 0 radical (unpaired) electrons. The van der Waals surface area contributed by atoms with Crippen LogP contribution in [0.1, 0.15) is 11.1 Å². The van der Waals surface area contributed by atoms with Gasteiger partial charge in [0.2, 0.25) is 0 Å². The number of nitrogens with zero attached hydrogens (tertiary/aromatic N) is 3. The van der Waals surface area contributed by atoms with E-state index in [2.05, 4.69) is 22.6 Å². The molecule has 8 heteroatoms. The Morgan fingerprint density at radius 2 is 1.67 bits per heavy atom. The third-order valence-electron chi connectivity index (χ3n) is 6.62. The number of piperazine rings is 1. The van der Waals surface area contributed by atoms with E-state index < -0.39 is 0 Å². The number of halogens is 1. The van der Waals surface area contributed by atoms with Crippen LogP contribution in [0.5, 0.6) is 0 Å². The van der Waals surface area contributed by atoms with Gasteiger partial charge in [-0.05, 0) is 49.0 Å². The maximum atomic E-state index is 13.0. The van der Waals surface area contributed by atoms with E-state index in [1.807, 2.05) is 65.6 Å². The predicted octanol–water partition coefficient (Wildman–Crippen LogP) is 5.08. The van der Waals surface area contributed by atoms with Gasteiger partial charge in [0.05, 0.1) is 17.0 Å². The zero-order chi connectivity index (χ0) is 25.2. The van der Waals surface area contributed by atoms with Crippen LogP contribution >= 0.6 is 11.6 Å². The first-order valence-corrected chi connectivity index (χ1v) is 12.3. The molecule has 2 aliphatic heterocycles. The zero-order valence-corrected chi connectivity index (χ0v) is 21.0. The number of rotatable bonds is 4. The van der Waals surface area contributed by atoms with Gasteiger partial charge in [0.25, 0.3) is 5.91 Å². The maximum Gasteiger partial charge on any atom is 0.324 e. The Morgan fingerprint density at radius 1 is 0.972 bits per heavy atom. The van der Waals surface area contributed by atoms with Gasteiger partial charge in [-0.25, -0.2) is 4.79 Å². The van der Waals surface area contributed by atoms with E-state index in [0.29, 0.717) is 22.0 Å². The fourth-order valence-electron chi connectivity index (χ4n) is 4.51. The van der Waals surface area contributed by atoms with Crippen LogP contribution in [0.4, 0.5) is 21.9 Å². The lowest BCUT2D eigenvalue weighted by molar-refractivity contribution is -0.110. The third-order valence-corrected chi connectivity index (χ3v) is 6.86. The average Bonchev–Trinajstić information content (AvgIpc) is 3.22. The van der Waals surface area contributed by atoms with E-state index in [1.165, 1.54) is 0 Å². The van der Waals surface area contributed by atoms with E-state index in [0.717, 1.165) is 48.7 Å². The van der Waals surface area contributed by atoms with Gasteiger partial charge in [0.15, 0.2) is 0 Å². The lowest BCUT2D eigenvalue weighted by Crippen LogP contribution is -2.51. The van der Waals surface area contributed by atoms with Gasteiger partial charge in [-0.15, -0.1) is 0 Å². The first-order valence-electron chi connectivity index (χ1n) is 11.9. The van der Waals surface area contributed by atoms with Crippen LogP contribution in [0.25, 0.3) is 11.3 Å². The summed E-state index contributed by atoms with van der Waals surface area (Å²) in [6.45, 7) is 3.20. The maximum absolute atomic E-state index is 13.0. The highest BCUT2D eigenvalue weighted by Crippen LogP contribution is 2.38. The summed E-state index contributed by atoms with van der Waals surface area (Å²) in [5, 5.41) is 6.94. The number of likely N-dealkylation sites (N-methyl/N-ethyl adjacent to an activating group) is 1. The minimum absolute atomic E-state index is 0.00574. The fraction of sp³-hybridized carbons (Fsp3) is 0.214. The molecule has 1 fully saturated rings. The first kappa shape index (κ1) is 23.9. The summed E-state index contributed by atoms with van der Waals surface area (Å²) in [6, 6.07) is 22.8. The van der Waals surface area contributed by atoms with Gasteiger partial charge in [-0.1, -0.05) is 48.0 Å². The number of urea groups is 1. The van der Waals surface area contributed by atoms with Gasteiger partial charge in [-0.2, -0.15) is 0 Å². The second kappa shape index (κ2) is 10.0. The van der Waals surface area contributed by atoms with E-state index in [-0.39, 0.29) is 11.9 Å². The van der Waals surface area contributed by atoms with E-state index in [1.54, 1.807) is 24.1 Å². The van der Waals surface area contributed by atoms with Crippen molar-refractivity contribution in [2.24, 2.45) is 0 Å². The van der Waals surface area contributed by atoms with Crippen molar-refractivity contribution in [1.82, 2.24) is 9.80 Å². The molecule has 7 nitrogen and oxygen atoms in total. The molecule has 3 aromatic carbocycles. The SMILES string of the molecule is CN1CCN(C(=O)N(C)c2ccc(N/C(=C3\C(=O)Nc4cc(Cl)ccc43)c3ccccc3)cc2)CC1. The largest absolute Gasteiger partial charge is 0.354 e. The number of anilines is 3. The summed E-state index contributed by atoms with van der Waals surface area (Å²) in [6.07, 6.45) is 0. The second-order valence-electron chi connectivity index (χ2n) is 9.06. The number of nitrogens with one attached hydrogen (secondary N) is 2. The standard InChI is InChI=1S/C28H28ClN5O2/c1-32-14-16-34(17-15-32)28(36)33(2)22-11-9-21(10-12-22)30-26(19-6-4-3-5-7-19)25-23-13-8-20(29)18-24(23)31-27(25)35/h3-13,18,30H,14-17H2,1-2H3,(H,31,35)/b26-25-. The van der Waals surface area contributed by atoms with E-state index in [9.17, 15) is 9.59 Å². The van der Waals surface area contributed by atoms with Crippen LogP contribution in [-0.2, 0) is 4.79 Å². The number of hydrogen-bond acceptors (Lipinski definition) is 4. The van der Waals surface area contributed by atoms with Crippen LogP contribution in [0.15, 0.2) is 72.8 Å². The van der Waals surface area contributed by atoms with Crippen molar-refractivity contribution in [2.45, 2.75) is 0 Å². The van der Waals surface area contributed by atoms with Crippen LogP contribution in [0.2, 0.25) is 5.02 Å². The van der Waals surface area contributed by atoms with Crippen molar-refractivity contribution in [3.05, 3.63) is 88.9 Å². The number of carbonyl (C=O) groups excluding carboxylic acids is 2. The Kier molecular flexibility index (Phi) is 6.67. The Balaban J connectivity index is 1.43. The lowest BCUT2D eigenvalue weighted by Gasteiger charge is -2.35. The Morgan fingerprint density at radius 3 is 2.36 bits per heavy atom. The van der Waals surface area contributed by atoms with Crippen molar-refractivity contribution < 1.29 is 9.59 Å². The normalized spacial score (nSPS) is 16.9. The lowest BCUT2D eigenvalue weighted by atomic mass is 10.00. The minimum atomic E-state index is -0.187. The summed E-state index contributed by atoms with van der Waals surface area (Å²) in [5.41, 5.74) is 5.24. The number of carbonyl (C=O) groups is 2. The van der Waals surface area contributed by atoms with Gasteiger partial charge < -0.3 is 20.4 Å². The molecular weight excluding hydrogens is 474 g/mol. The molecule has 0 aromatic heterocycles. The van der Waals surface area contributed by atoms with Crippen LogP contribution in [-0.4, -0.2) is 62.0 Å². The molecule has 1 saturated heterocycles. The molecule has 0 saturated carbocycles. The number of hydrogen-bond donors (Lipinski definition) is 2. The molecule has 2 aliphatic rings. The number of amides is 3. The summed E-state index contributed by atoms with van der Waals surface area (Å²) in [5.74, 6) is -0.187. The highest BCUT2D eigenvalue weighted by Gasteiger charge is 2.29. The highest BCUT2D eigenvalue weighted by molar-refractivity contribution is 6.38. The molecule has 0 atom stereocenters. The molecule has 2 N–H and O–H groups in total. The monoisotopic (exact) mass is 501 g/mol. The minimum Gasteiger partial charge on any atom is -0.354 e. The molecule has 0 spiro atoms. The van der Waals surface area contributed by atoms with Crippen molar-refractivity contribution in [2.75, 3.05) is 55.8 Å². The smallest absolute Gasteiger partial charge is 0.324 e. The van der Waals surface area contributed by atoms with Crippen LogP contribution in [0, 0.1) is 0 Å². The molecular formula is C28H28ClN5O2. The molecule has 36 heavy (non-hydrogen) atoms. The van der Waals surface area contributed by atoms with Crippen molar-refractivity contribution >= 4 is 51.9 Å². The highest BCUT2D eigenvalue weighted by atomic mass is 35.5. The quantitative estimate of drug-likeness (QED) is 0.489. The van der Waals surface area contributed by atoms with Crippen LogP contribution in [0.3, 0.4) is 0 Å². The van der Waals surface area contributed by atoms with E-state index >= 15 is 0 Å². The topological polar surface area (TPSA) is 67.9 Å². The Bertz CT molecular complexity index is 1320. The Hall–Kier alpha value is -3.81. The zero-order valence-electron chi connectivity index (χ0n) is 20.3. The number of fused-ring (bicyclic) bond motifs is 1. The van der Waals surface area contributed by atoms with Crippen LogP contribution < -0.4 is 15.5 Å². The van der Waals surface area contributed by atoms with Gasteiger partial charge in [0.1, 0.15) is 0 Å². The van der Waals surface area contributed by atoms with Gasteiger partial charge >= 0.3 is 6.03 Å². The molecule has 2 heterocycles. The molecule has 3 amide bonds. The van der Waals surface area contributed by atoms with Crippen molar-refractivity contribution in [3.63, 3.8) is 0 Å². The summed E-state index contributed by atoms with van der Waals surface area (Å²) < 4.78 is 0. The van der Waals surface area contributed by atoms with Crippen molar-refractivity contribution in [1.29, 1.82) is 0 Å². The first-order chi connectivity index (χ1) is 17.4. The summed E-state index contributed by atoms with van der Waals surface area (Å²) in [4.78, 5) is 31.8. The summed E-state index contributed by atoms with van der Waals surface area (Å²) in [7, 11) is 3.87. The van der Waals surface area contributed by atoms with Gasteiger partial charge in [-0.3, -0.25) is 9.69 Å². The molecule has 3 aromatic rings. The average molecular weight is 502 g/mol. The predicted molar refractivity (Wildman–Crippen MR) is 146 cm³/mol. The molecule has 184 valence electrons. The Labute approximate surface area is 215 Å².